The highest BCUT2D eigenvalue weighted by Crippen LogP contribution is 2.11. The lowest BCUT2D eigenvalue weighted by molar-refractivity contribution is 0.443. The van der Waals surface area contributed by atoms with Crippen molar-refractivity contribution in [2.75, 3.05) is 6.54 Å². The van der Waals surface area contributed by atoms with Crippen molar-refractivity contribution in [2.24, 2.45) is 17.4 Å². The van der Waals surface area contributed by atoms with Gasteiger partial charge in [-0.15, -0.1) is 0 Å². The molecule has 0 aromatic heterocycles. The molecule has 0 aliphatic carbocycles. The van der Waals surface area contributed by atoms with Gasteiger partial charge < -0.3 is 11.5 Å². The molecule has 11 heavy (non-hydrogen) atoms. The van der Waals surface area contributed by atoms with Crippen molar-refractivity contribution in [1.29, 1.82) is 0 Å². The molecule has 0 fully saturated rings. The lowest BCUT2D eigenvalue weighted by Crippen LogP contribution is -2.19. The number of hydrogen-bond donors (Lipinski definition) is 2. The van der Waals surface area contributed by atoms with Crippen LogP contribution in [0.25, 0.3) is 0 Å². The van der Waals surface area contributed by atoms with Crippen LogP contribution in [0.15, 0.2) is 0 Å². The van der Waals surface area contributed by atoms with Crippen LogP contribution in [0, 0.1) is 5.92 Å². The molecule has 0 aromatic rings. The Morgan fingerprint density at radius 2 is 1.82 bits per heavy atom. The van der Waals surface area contributed by atoms with Crippen LogP contribution in [0.1, 0.15) is 39.5 Å². The van der Waals surface area contributed by atoms with Crippen molar-refractivity contribution >= 4 is 0 Å². The molecular weight excluding hydrogens is 136 g/mol. The van der Waals surface area contributed by atoms with Gasteiger partial charge in [0, 0.05) is 6.04 Å². The standard InChI is InChI=1S/C9H22N2/c1-3-9(11)5-4-8(2)6-7-10/h8-9H,3-7,10-11H2,1-2H3. The van der Waals surface area contributed by atoms with Gasteiger partial charge in [-0.3, -0.25) is 0 Å². The van der Waals surface area contributed by atoms with Gasteiger partial charge in [-0.2, -0.15) is 0 Å². The third kappa shape index (κ3) is 6.32. The van der Waals surface area contributed by atoms with E-state index in [0.29, 0.717) is 6.04 Å². The molecule has 4 N–H and O–H groups in total. The number of nitrogens with two attached hydrogens (primary N) is 2. The van der Waals surface area contributed by atoms with E-state index in [2.05, 4.69) is 13.8 Å². The average Bonchev–Trinajstić information content (AvgIpc) is 2.01. The van der Waals surface area contributed by atoms with Crippen LogP contribution < -0.4 is 11.5 Å². The largest absolute Gasteiger partial charge is 0.330 e. The summed E-state index contributed by atoms with van der Waals surface area (Å²) in [6, 6.07) is 0.398. The van der Waals surface area contributed by atoms with Crippen molar-refractivity contribution in [1.82, 2.24) is 0 Å². The molecule has 2 unspecified atom stereocenters. The summed E-state index contributed by atoms with van der Waals surface area (Å²) in [5.41, 5.74) is 11.2. The maximum Gasteiger partial charge on any atom is 0.00363 e. The molecule has 0 bridgehead atoms. The van der Waals surface area contributed by atoms with E-state index >= 15 is 0 Å². The zero-order chi connectivity index (χ0) is 8.69. The number of rotatable bonds is 6. The predicted molar refractivity (Wildman–Crippen MR) is 50.3 cm³/mol. The first kappa shape index (κ1) is 10.9. The predicted octanol–water partition coefficient (Wildman–Crippen LogP) is 1.49. The minimum absolute atomic E-state index is 0.398. The maximum atomic E-state index is 5.79. The Kier molecular flexibility index (Phi) is 6.57. The van der Waals surface area contributed by atoms with E-state index in [1.54, 1.807) is 0 Å². The lowest BCUT2D eigenvalue weighted by atomic mass is 9.98. The van der Waals surface area contributed by atoms with Gasteiger partial charge in [-0.05, 0) is 38.1 Å². The topological polar surface area (TPSA) is 52.0 Å². The van der Waals surface area contributed by atoms with Crippen LogP contribution in [-0.4, -0.2) is 12.6 Å². The molecule has 0 rings (SSSR count). The molecule has 0 aliphatic rings. The summed E-state index contributed by atoms with van der Waals surface area (Å²) in [4.78, 5) is 0. The first-order valence-electron chi connectivity index (χ1n) is 4.66. The van der Waals surface area contributed by atoms with Gasteiger partial charge in [0.2, 0.25) is 0 Å². The fraction of sp³-hybridized carbons (Fsp3) is 1.00. The highest BCUT2D eigenvalue weighted by Gasteiger charge is 2.03. The molecule has 0 aliphatic heterocycles. The summed E-state index contributed by atoms with van der Waals surface area (Å²) in [6.07, 6.45) is 4.61. The third-order valence-electron chi connectivity index (χ3n) is 2.21. The maximum absolute atomic E-state index is 5.79. The second-order valence-electron chi connectivity index (χ2n) is 3.43. The Labute approximate surface area is 70.3 Å². The van der Waals surface area contributed by atoms with Crippen LogP contribution in [0.3, 0.4) is 0 Å². The molecule has 0 radical (unpaired) electrons. The molecule has 2 atom stereocenters. The first-order chi connectivity index (χ1) is 5.20. The summed E-state index contributed by atoms with van der Waals surface area (Å²) >= 11 is 0. The van der Waals surface area contributed by atoms with E-state index in [0.717, 1.165) is 31.7 Å². The molecule has 0 spiro atoms. The van der Waals surface area contributed by atoms with Crippen molar-refractivity contribution in [3.8, 4) is 0 Å². The smallest absolute Gasteiger partial charge is 0.00363 e. The van der Waals surface area contributed by atoms with Gasteiger partial charge in [0.25, 0.3) is 0 Å². The molecule has 0 saturated heterocycles. The second-order valence-corrected chi connectivity index (χ2v) is 3.43. The van der Waals surface area contributed by atoms with E-state index in [4.69, 9.17) is 11.5 Å². The molecule has 68 valence electrons. The zero-order valence-electron chi connectivity index (χ0n) is 7.84. The summed E-state index contributed by atoms with van der Waals surface area (Å²) in [6.45, 7) is 5.19. The van der Waals surface area contributed by atoms with Gasteiger partial charge >= 0.3 is 0 Å². The van der Waals surface area contributed by atoms with Crippen molar-refractivity contribution in [3.05, 3.63) is 0 Å². The van der Waals surface area contributed by atoms with Crippen LogP contribution in [-0.2, 0) is 0 Å². The molecule has 0 amide bonds. The quantitative estimate of drug-likeness (QED) is 0.615. The lowest BCUT2D eigenvalue weighted by Gasteiger charge is -2.12. The van der Waals surface area contributed by atoms with Gasteiger partial charge in [0.15, 0.2) is 0 Å². The Balaban J connectivity index is 3.22. The molecule has 2 nitrogen and oxygen atoms in total. The van der Waals surface area contributed by atoms with Gasteiger partial charge in [-0.1, -0.05) is 13.8 Å². The highest BCUT2D eigenvalue weighted by atomic mass is 14.6. The highest BCUT2D eigenvalue weighted by molar-refractivity contribution is 4.61. The third-order valence-corrected chi connectivity index (χ3v) is 2.21. The van der Waals surface area contributed by atoms with Crippen molar-refractivity contribution in [3.63, 3.8) is 0 Å². The average molecular weight is 158 g/mol. The Morgan fingerprint density at radius 3 is 2.27 bits per heavy atom. The summed E-state index contributed by atoms with van der Waals surface area (Å²) in [7, 11) is 0. The number of hydrogen-bond acceptors (Lipinski definition) is 2. The van der Waals surface area contributed by atoms with Crippen LogP contribution in [0.5, 0.6) is 0 Å². The van der Waals surface area contributed by atoms with E-state index in [1.165, 1.54) is 6.42 Å². The zero-order valence-corrected chi connectivity index (χ0v) is 7.84. The van der Waals surface area contributed by atoms with E-state index in [-0.39, 0.29) is 0 Å². The van der Waals surface area contributed by atoms with E-state index in [1.807, 2.05) is 0 Å². The van der Waals surface area contributed by atoms with Gasteiger partial charge in [0.1, 0.15) is 0 Å². The van der Waals surface area contributed by atoms with Crippen molar-refractivity contribution < 1.29 is 0 Å². The summed E-state index contributed by atoms with van der Waals surface area (Å²) < 4.78 is 0. The van der Waals surface area contributed by atoms with Gasteiger partial charge in [0.05, 0.1) is 0 Å². The molecular formula is C9H22N2. The fourth-order valence-electron chi connectivity index (χ4n) is 1.13. The Morgan fingerprint density at radius 1 is 1.18 bits per heavy atom. The van der Waals surface area contributed by atoms with Crippen molar-refractivity contribution in [2.45, 2.75) is 45.6 Å². The van der Waals surface area contributed by atoms with E-state index < -0.39 is 0 Å². The van der Waals surface area contributed by atoms with Crippen LogP contribution in [0.4, 0.5) is 0 Å². The summed E-state index contributed by atoms with van der Waals surface area (Å²) in [5.74, 6) is 0.748. The second kappa shape index (κ2) is 6.62. The fourth-order valence-corrected chi connectivity index (χ4v) is 1.13. The minimum Gasteiger partial charge on any atom is -0.330 e. The molecule has 0 saturated carbocycles. The van der Waals surface area contributed by atoms with Crippen LogP contribution >= 0.6 is 0 Å². The first-order valence-corrected chi connectivity index (χ1v) is 4.66. The molecule has 0 heterocycles. The van der Waals surface area contributed by atoms with Crippen LogP contribution in [0.2, 0.25) is 0 Å². The molecule has 2 heteroatoms. The minimum atomic E-state index is 0.398. The Bertz CT molecular complexity index is 83.6. The Hall–Kier alpha value is -0.0800. The normalized spacial score (nSPS) is 16.4. The monoisotopic (exact) mass is 158 g/mol. The summed E-state index contributed by atoms with van der Waals surface area (Å²) in [5, 5.41) is 0. The SMILES string of the molecule is CCC(N)CCC(C)CCN. The molecule has 0 aromatic carbocycles. The van der Waals surface area contributed by atoms with Gasteiger partial charge in [-0.25, -0.2) is 0 Å². The van der Waals surface area contributed by atoms with E-state index in [9.17, 15) is 0 Å².